The maximum atomic E-state index is 12.8. The summed E-state index contributed by atoms with van der Waals surface area (Å²) in [5.74, 6) is -0.0345. The molecule has 1 aromatic carbocycles. The van der Waals surface area contributed by atoms with Crippen LogP contribution >= 0.6 is 0 Å². The predicted molar refractivity (Wildman–Crippen MR) is 163 cm³/mol. The van der Waals surface area contributed by atoms with Crippen LogP contribution in [0.3, 0.4) is 0 Å². The summed E-state index contributed by atoms with van der Waals surface area (Å²) in [6.45, 7) is 17.5. The number of ether oxygens (including phenoxy) is 1. The number of hydrogen-bond acceptors (Lipinski definition) is 9. The van der Waals surface area contributed by atoms with Crippen LogP contribution in [0, 0.1) is 0 Å². The highest BCUT2D eigenvalue weighted by atomic mass is 28.5. The number of carbonyl (C=O) groups excluding carboxylic acids is 1. The number of amides is 1. The molecule has 4 atom stereocenters. The molecule has 0 spiro atoms. The van der Waals surface area contributed by atoms with Crippen molar-refractivity contribution in [3.63, 3.8) is 0 Å². The Kier molecular flexibility index (Phi) is 8.74. The summed E-state index contributed by atoms with van der Waals surface area (Å²) in [6, 6.07) is 8.88. The lowest BCUT2D eigenvalue weighted by molar-refractivity contribution is -0.0570. The molecule has 0 unspecified atom stereocenters. The number of aliphatic hydroxyl groups excluding tert-OH is 1. The van der Waals surface area contributed by atoms with Gasteiger partial charge in [-0.25, -0.2) is 15.0 Å². The van der Waals surface area contributed by atoms with Gasteiger partial charge in [-0.15, -0.1) is 0 Å². The Balaban J connectivity index is 1.49. The molecule has 4 heterocycles. The lowest BCUT2D eigenvalue weighted by Gasteiger charge is -2.51. The van der Waals surface area contributed by atoms with Crippen LogP contribution in [0.25, 0.3) is 11.2 Å². The molecule has 11 nitrogen and oxygen atoms in total. The molecule has 13 heteroatoms. The summed E-state index contributed by atoms with van der Waals surface area (Å²) >= 11 is 0. The highest BCUT2D eigenvalue weighted by molar-refractivity contribution is 6.84. The molecule has 0 bridgehead atoms. The number of imidazole rings is 1. The number of fused-ring (bicyclic) bond motifs is 2. The molecule has 3 aromatic rings. The second-order valence-corrected chi connectivity index (χ2v) is 21.3. The fourth-order valence-electron chi connectivity index (χ4n) is 6.27. The number of aromatic nitrogens is 4. The van der Waals surface area contributed by atoms with Crippen LogP contribution in [-0.2, 0) is 17.7 Å². The van der Waals surface area contributed by atoms with E-state index in [0.29, 0.717) is 16.7 Å². The summed E-state index contributed by atoms with van der Waals surface area (Å²) in [7, 11) is -5.69. The van der Waals surface area contributed by atoms with Crippen molar-refractivity contribution in [1.82, 2.24) is 19.5 Å². The first-order chi connectivity index (χ1) is 19.9. The first kappa shape index (κ1) is 30.9. The number of nitrogens with zero attached hydrogens (tertiary/aromatic N) is 4. The zero-order valence-electron chi connectivity index (χ0n) is 25.6. The third-order valence-corrected chi connectivity index (χ3v) is 18.8. The van der Waals surface area contributed by atoms with Crippen LogP contribution in [0.2, 0.25) is 22.2 Å². The largest absolute Gasteiger partial charge is 0.414 e. The summed E-state index contributed by atoms with van der Waals surface area (Å²) in [5, 5.41) is 14.6. The van der Waals surface area contributed by atoms with Gasteiger partial charge in [0, 0.05) is 5.56 Å². The van der Waals surface area contributed by atoms with Crippen molar-refractivity contribution in [1.29, 1.82) is 0 Å². The molecule has 2 saturated heterocycles. The molecule has 2 aliphatic rings. The smallest absolute Gasteiger partial charge is 0.335 e. The Morgan fingerprint density at radius 1 is 0.952 bits per heavy atom. The standard InChI is InChI=1S/C29H43N5O6Si2/c1-17(2)41(18(3)4)37-14-22-25(39-42(40-41,19(5)6)20(7)8)24(35)29(38-22)34-16-32-23-26(30-15-31-27(23)34)33-28(36)21-12-10-9-11-13-21/h9-13,15-20,22,24-25,29,35H,14H2,1-8H3,(H,30,31,33,36)/t22-,24-,25-,29-/m0/s1. The summed E-state index contributed by atoms with van der Waals surface area (Å²) < 4.78 is 29.3. The minimum Gasteiger partial charge on any atom is -0.414 e. The topological polar surface area (TPSA) is 130 Å². The monoisotopic (exact) mass is 613 g/mol. The molecule has 228 valence electrons. The fraction of sp³-hybridized carbons (Fsp3) is 0.586. The quantitative estimate of drug-likeness (QED) is 0.341. The number of anilines is 1. The number of rotatable bonds is 7. The third-order valence-electron chi connectivity index (χ3n) is 8.54. The van der Waals surface area contributed by atoms with Crippen molar-refractivity contribution < 1.29 is 27.6 Å². The molecule has 0 saturated carbocycles. The number of benzene rings is 1. The van der Waals surface area contributed by atoms with Gasteiger partial charge in [-0.3, -0.25) is 9.36 Å². The number of aliphatic hydroxyl groups is 1. The number of hydrogen-bond donors (Lipinski definition) is 2. The highest BCUT2D eigenvalue weighted by Gasteiger charge is 2.61. The molecule has 2 aliphatic heterocycles. The molecular formula is C29H43N5O6Si2. The second-order valence-electron chi connectivity index (χ2n) is 12.5. The van der Waals surface area contributed by atoms with Crippen molar-refractivity contribution in [2.45, 2.75) is 102 Å². The zero-order valence-corrected chi connectivity index (χ0v) is 27.6. The van der Waals surface area contributed by atoms with E-state index in [-0.39, 0.29) is 40.5 Å². The molecular weight excluding hydrogens is 571 g/mol. The third kappa shape index (κ3) is 5.25. The van der Waals surface area contributed by atoms with Gasteiger partial charge in [0.15, 0.2) is 23.2 Å². The molecule has 5 rings (SSSR count). The van der Waals surface area contributed by atoms with Crippen LogP contribution in [0.15, 0.2) is 43.0 Å². The van der Waals surface area contributed by atoms with Crippen molar-refractivity contribution in [2.24, 2.45) is 0 Å². The molecule has 42 heavy (non-hydrogen) atoms. The Morgan fingerprint density at radius 3 is 2.21 bits per heavy atom. The van der Waals surface area contributed by atoms with Crippen LogP contribution < -0.4 is 5.32 Å². The fourth-order valence-corrected chi connectivity index (χ4v) is 17.5. The average molecular weight is 614 g/mol. The molecule has 2 aromatic heterocycles. The van der Waals surface area contributed by atoms with E-state index in [1.165, 1.54) is 6.33 Å². The van der Waals surface area contributed by atoms with Crippen molar-refractivity contribution in [3.8, 4) is 0 Å². The van der Waals surface area contributed by atoms with Crippen LogP contribution in [0.5, 0.6) is 0 Å². The van der Waals surface area contributed by atoms with E-state index in [9.17, 15) is 9.90 Å². The maximum Gasteiger partial charge on any atom is 0.335 e. The SMILES string of the molecule is CC(C)[Si]1(C(C)C)OC[C@@H]2O[C@H](n3cnc4c(NC(=O)c5ccccc5)ncnc43)[C@@H](O)[C@H]2O[Si](C(C)C)(C(C)C)O1. The molecule has 2 fully saturated rings. The average Bonchev–Trinajstić information content (AvgIpc) is 3.49. The first-order valence-electron chi connectivity index (χ1n) is 14.8. The van der Waals surface area contributed by atoms with Gasteiger partial charge < -0.3 is 28.1 Å². The van der Waals surface area contributed by atoms with Crippen LogP contribution in [-0.4, -0.2) is 72.6 Å². The maximum absolute atomic E-state index is 12.8. The highest BCUT2D eigenvalue weighted by Crippen LogP contribution is 2.48. The van der Waals surface area contributed by atoms with Gasteiger partial charge in [0.2, 0.25) is 0 Å². The minimum absolute atomic E-state index is 0.119. The van der Waals surface area contributed by atoms with E-state index in [0.717, 1.165) is 0 Å². The van der Waals surface area contributed by atoms with Gasteiger partial charge >= 0.3 is 17.1 Å². The van der Waals surface area contributed by atoms with E-state index in [2.05, 4.69) is 75.7 Å². The van der Waals surface area contributed by atoms with Gasteiger partial charge in [-0.1, -0.05) is 73.6 Å². The Labute approximate surface area is 249 Å². The van der Waals surface area contributed by atoms with E-state index in [4.69, 9.17) is 17.7 Å². The first-order valence-corrected chi connectivity index (χ1v) is 18.7. The van der Waals surface area contributed by atoms with E-state index in [1.54, 1.807) is 35.2 Å². The van der Waals surface area contributed by atoms with E-state index >= 15 is 0 Å². The van der Waals surface area contributed by atoms with Crippen molar-refractivity contribution in [3.05, 3.63) is 48.5 Å². The normalized spacial score (nSPS) is 25.6. The van der Waals surface area contributed by atoms with Crippen LogP contribution in [0.1, 0.15) is 72.0 Å². The number of carbonyl (C=O) groups is 1. The van der Waals surface area contributed by atoms with Gasteiger partial charge in [0.25, 0.3) is 5.91 Å². The lowest BCUT2D eigenvalue weighted by atomic mass is 10.1. The summed E-state index contributed by atoms with van der Waals surface area (Å²) in [4.78, 5) is 26.0. The van der Waals surface area contributed by atoms with Crippen molar-refractivity contribution >= 4 is 40.0 Å². The Hall–Kier alpha value is -2.53. The molecule has 1 amide bonds. The van der Waals surface area contributed by atoms with Crippen LogP contribution in [0.4, 0.5) is 5.82 Å². The van der Waals surface area contributed by atoms with Crippen molar-refractivity contribution in [2.75, 3.05) is 11.9 Å². The summed E-state index contributed by atoms with van der Waals surface area (Å²) in [5.41, 5.74) is 1.95. The zero-order chi connectivity index (χ0) is 30.4. The minimum atomic E-state index is -2.94. The van der Waals surface area contributed by atoms with Gasteiger partial charge in [-0.05, 0) is 34.3 Å². The number of nitrogens with one attached hydrogen (secondary N) is 1. The van der Waals surface area contributed by atoms with E-state index in [1.807, 2.05) is 6.07 Å². The Morgan fingerprint density at radius 2 is 1.60 bits per heavy atom. The Bertz CT molecular complexity index is 1390. The molecule has 2 N–H and O–H groups in total. The molecule has 0 aliphatic carbocycles. The lowest BCUT2D eigenvalue weighted by Crippen LogP contribution is -2.65. The van der Waals surface area contributed by atoms with Gasteiger partial charge in [-0.2, -0.15) is 0 Å². The second kappa shape index (κ2) is 11.9. The van der Waals surface area contributed by atoms with Gasteiger partial charge in [0.1, 0.15) is 24.6 Å². The summed E-state index contributed by atoms with van der Waals surface area (Å²) in [6.07, 6.45) is -0.125. The van der Waals surface area contributed by atoms with Gasteiger partial charge in [0.05, 0.1) is 12.9 Å². The molecule has 0 radical (unpaired) electrons. The predicted octanol–water partition coefficient (Wildman–Crippen LogP) is 5.29. The van der Waals surface area contributed by atoms with E-state index < -0.39 is 41.7 Å².